The second-order valence-corrected chi connectivity index (χ2v) is 7.61. The van der Waals surface area contributed by atoms with E-state index < -0.39 is 11.7 Å². The summed E-state index contributed by atoms with van der Waals surface area (Å²) >= 11 is 0. The molecule has 1 amide bonds. The minimum absolute atomic E-state index is 0.130. The third-order valence-electron chi connectivity index (χ3n) is 5.50. The minimum Gasteiger partial charge on any atom is -0.408 e. The van der Waals surface area contributed by atoms with Crippen molar-refractivity contribution in [3.63, 3.8) is 0 Å². The van der Waals surface area contributed by atoms with Gasteiger partial charge in [0.15, 0.2) is 5.58 Å². The van der Waals surface area contributed by atoms with Crippen molar-refractivity contribution < 1.29 is 9.21 Å². The zero-order chi connectivity index (χ0) is 20.5. The molecule has 8 nitrogen and oxygen atoms in total. The fourth-order valence-corrected chi connectivity index (χ4v) is 3.85. The highest BCUT2D eigenvalue weighted by Crippen LogP contribution is 2.19. The number of benzene rings is 1. The molecule has 2 N–H and O–H groups in total. The number of nitrogens with one attached hydrogen (secondary N) is 2. The highest BCUT2D eigenvalue weighted by Gasteiger charge is 2.19. The minimum atomic E-state index is -0.471. The summed E-state index contributed by atoms with van der Waals surface area (Å²) < 4.78 is 8.18. The summed E-state index contributed by atoms with van der Waals surface area (Å²) in [4.78, 5) is 37.5. The van der Waals surface area contributed by atoms with Crippen molar-refractivity contribution in [1.82, 2.24) is 14.5 Å². The summed E-state index contributed by atoms with van der Waals surface area (Å²) in [5.41, 5.74) is 1.93. The van der Waals surface area contributed by atoms with Crippen molar-refractivity contribution in [2.45, 2.75) is 26.3 Å². The van der Waals surface area contributed by atoms with Gasteiger partial charge in [0.25, 0.3) is 11.5 Å². The molecule has 0 radical (unpaired) electrons. The molecule has 0 aliphatic carbocycles. The van der Waals surface area contributed by atoms with Crippen LogP contribution in [0.5, 0.6) is 0 Å². The first-order valence-electron chi connectivity index (χ1n) is 9.75. The Labute approximate surface area is 167 Å². The number of aryl methyl sites for hydroxylation is 2. The van der Waals surface area contributed by atoms with Gasteiger partial charge in [-0.3, -0.25) is 14.2 Å². The van der Waals surface area contributed by atoms with Crippen LogP contribution in [0.1, 0.15) is 28.8 Å². The lowest BCUT2D eigenvalue weighted by molar-refractivity contribution is 0.102. The van der Waals surface area contributed by atoms with Gasteiger partial charge < -0.3 is 19.6 Å². The van der Waals surface area contributed by atoms with Gasteiger partial charge in [0, 0.05) is 31.5 Å². The van der Waals surface area contributed by atoms with E-state index >= 15 is 0 Å². The van der Waals surface area contributed by atoms with Crippen LogP contribution in [0, 0.1) is 12.8 Å². The molecule has 0 bridgehead atoms. The number of anilines is 1. The van der Waals surface area contributed by atoms with Crippen molar-refractivity contribution in [1.29, 1.82) is 0 Å². The topological polar surface area (TPSA) is 98.3 Å². The van der Waals surface area contributed by atoms with E-state index in [9.17, 15) is 14.4 Å². The van der Waals surface area contributed by atoms with E-state index in [-0.39, 0.29) is 11.1 Å². The van der Waals surface area contributed by atoms with E-state index in [2.05, 4.69) is 10.6 Å². The van der Waals surface area contributed by atoms with Crippen molar-refractivity contribution in [3.8, 4) is 0 Å². The van der Waals surface area contributed by atoms with Gasteiger partial charge in [-0.15, -0.1) is 0 Å². The summed E-state index contributed by atoms with van der Waals surface area (Å²) in [6.45, 7) is 4.23. The highest BCUT2D eigenvalue weighted by atomic mass is 16.4. The molecule has 1 aliphatic heterocycles. The Kier molecular flexibility index (Phi) is 5.10. The first-order valence-corrected chi connectivity index (χ1v) is 9.75. The molecule has 8 heteroatoms. The summed E-state index contributed by atoms with van der Waals surface area (Å²) in [5.74, 6) is -0.563. The maximum atomic E-state index is 13.0. The Hall–Kier alpha value is -3.13. The van der Waals surface area contributed by atoms with Gasteiger partial charge in [0.2, 0.25) is 0 Å². The zero-order valence-corrected chi connectivity index (χ0v) is 16.5. The van der Waals surface area contributed by atoms with Crippen LogP contribution < -0.4 is 21.9 Å². The second-order valence-electron chi connectivity index (χ2n) is 7.61. The molecule has 3 heterocycles. The third kappa shape index (κ3) is 3.75. The Morgan fingerprint density at radius 2 is 2.14 bits per heavy atom. The van der Waals surface area contributed by atoms with Crippen LogP contribution in [-0.4, -0.2) is 28.1 Å². The Bertz CT molecular complexity index is 1180. The van der Waals surface area contributed by atoms with E-state index in [0.29, 0.717) is 34.8 Å². The number of nitrogens with zero attached hydrogens (tertiary/aromatic N) is 2. The Morgan fingerprint density at radius 3 is 2.90 bits per heavy atom. The normalized spacial score (nSPS) is 16.8. The molecule has 1 fully saturated rings. The molecule has 0 saturated carbocycles. The first kappa shape index (κ1) is 19.2. The predicted molar refractivity (Wildman–Crippen MR) is 110 cm³/mol. The van der Waals surface area contributed by atoms with Crippen molar-refractivity contribution in [2.24, 2.45) is 13.0 Å². The standard InChI is InChI=1S/C21H24N4O4/c1-13-7-9-25(12-14-4-3-8-22-11-14)20(27)18(13)19(26)23-15-5-6-16-17(10-15)29-21(28)24(16)2/h5-7,9-10,14,22H,3-4,8,11-12H2,1-2H3,(H,23,26). The number of hydrogen-bond acceptors (Lipinski definition) is 5. The highest BCUT2D eigenvalue weighted by molar-refractivity contribution is 6.05. The van der Waals surface area contributed by atoms with Crippen LogP contribution in [0.25, 0.3) is 11.1 Å². The number of pyridine rings is 1. The quantitative estimate of drug-likeness (QED) is 0.701. The van der Waals surface area contributed by atoms with E-state index in [0.717, 1.165) is 25.9 Å². The molecular formula is C21H24N4O4. The average molecular weight is 396 g/mol. The Morgan fingerprint density at radius 1 is 1.31 bits per heavy atom. The maximum Gasteiger partial charge on any atom is 0.419 e. The molecule has 2 aromatic heterocycles. The monoisotopic (exact) mass is 396 g/mol. The van der Waals surface area contributed by atoms with E-state index in [1.807, 2.05) is 0 Å². The van der Waals surface area contributed by atoms with Gasteiger partial charge in [-0.25, -0.2) is 4.79 Å². The van der Waals surface area contributed by atoms with Crippen LogP contribution in [0.15, 0.2) is 44.5 Å². The molecule has 1 aliphatic rings. The molecule has 1 atom stereocenters. The number of rotatable bonds is 4. The molecule has 0 spiro atoms. The molecule has 1 saturated heterocycles. The number of carbonyl (C=O) groups is 1. The van der Waals surface area contributed by atoms with Crippen LogP contribution in [-0.2, 0) is 13.6 Å². The fraction of sp³-hybridized carbons (Fsp3) is 0.381. The molecule has 1 unspecified atom stereocenters. The number of amides is 1. The van der Waals surface area contributed by atoms with Crippen LogP contribution in [0.4, 0.5) is 5.69 Å². The van der Waals surface area contributed by atoms with Crippen LogP contribution in [0.2, 0.25) is 0 Å². The smallest absolute Gasteiger partial charge is 0.408 e. The number of carbonyl (C=O) groups excluding carboxylic acids is 1. The number of aromatic nitrogens is 2. The zero-order valence-electron chi connectivity index (χ0n) is 16.5. The van der Waals surface area contributed by atoms with E-state index in [1.54, 1.807) is 49.0 Å². The van der Waals surface area contributed by atoms with Crippen LogP contribution >= 0.6 is 0 Å². The van der Waals surface area contributed by atoms with E-state index in [4.69, 9.17) is 4.42 Å². The first-order chi connectivity index (χ1) is 13.9. The number of fused-ring (bicyclic) bond motifs is 1. The predicted octanol–water partition coefficient (Wildman–Crippen LogP) is 1.85. The van der Waals surface area contributed by atoms with E-state index in [1.165, 1.54) is 4.57 Å². The number of oxazole rings is 1. The lowest BCUT2D eigenvalue weighted by Gasteiger charge is -2.23. The van der Waals surface area contributed by atoms with Crippen molar-refractivity contribution in [2.75, 3.05) is 18.4 Å². The molecule has 29 heavy (non-hydrogen) atoms. The lowest BCUT2D eigenvalue weighted by Crippen LogP contribution is -2.36. The molecule has 152 valence electrons. The van der Waals surface area contributed by atoms with Crippen molar-refractivity contribution >= 4 is 22.7 Å². The summed E-state index contributed by atoms with van der Waals surface area (Å²) in [6.07, 6.45) is 3.92. The summed E-state index contributed by atoms with van der Waals surface area (Å²) in [7, 11) is 1.62. The maximum absolute atomic E-state index is 13.0. The van der Waals surface area contributed by atoms with Gasteiger partial charge in [-0.1, -0.05) is 0 Å². The van der Waals surface area contributed by atoms with Gasteiger partial charge in [-0.2, -0.15) is 0 Å². The van der Waals surface area contributed by atoms with Gasteiger partial charge in [0.1, 0.15) is 5.56 Å². The SMILES string of the molecule is Cc1ccn(CC2CCCNC2)c(=O)c1C(=O)Nc1ccc2c(c1)oc(=O)n2C. The summed E-state index contributed by atoms with van der Waals surface area (Å²) in [6, 6.07) is 6.76. The second kappa shape index (κ2) is 7.71. The number of hydrogen-bond donors (Lipinski definition) is 2. The number of piperidine rings is 1. The van der Waals surface area contributed by atoms with Gasteiger partial charge >= 0.3 is 5.76 Å². The Balaban J connectivity index is 1.60. The van der Waals surface area contributed by atoms with Gasteiger partial charge in [0.05, 0.1) is 5.52 Å². The fourth-order valence-electron chi connectivity index (χ4n) is 3.85. The average Bonchev–Trinajstić information content (AvgIpc) is 2.98. The third-order valence-corrected chi connectivity index (χ3v) is 5.50. The molecule has 4 rings (SSSR count). The van der Waals surface area contributed by atoms with Crippen LogP contribution in [0.3, 0.4) is 0 Å². The largest absolute Gasteiger partial charge is 0.419 e. The summed E-state index contributed by atoms with van der Waals surface area (Å²) in [5, 5.41) is 6.10. The molecule has 1 aromatic carbocycles. The molecular weight excluding hydrogens is 372 g/mol. The van der Waals surface area contributed by atoms with Crippen molar-refractivity contribution in [3.05, 3.63) is 62.5 Å². The van der Waals surface area contributed by atoms with Gasteiger partial charge in [-0.05, 0) is 62.5 Å². The lowest BCUT2D eigenvalue weighted by atomic mass is 9.99. The molecule has 3 aromatic rings.